The van der Waals surface area contributed by atoms with Crippen LogP contribution in [0.5, 0.6) is 5.75 Å². The number of hydrogen-bond donors (Lipinski definition) is 1. The molecule has 1 N–H and O–H groups in total. The number of aryl methyl sites for hydroxylation is 1. The first-order valence-electron chi connectivity index (χ1n) is 7.44. The van der Waals surface area contributed by atoms with Gasteiger partial charge in [0.25, 0.3) is 5.91 Å². The first kappa shape index (κ1) is 16.9. The van der Waals surface area contributed by atoms with Gasteiger partial charge in [-0.05, 0) is 43.5 Å². The highest BCUT2D eigenvalue weighted by atomic mass is 19.3. The van der Waals surface area contributed by atoms with Crippen molar-refractivity contribution in [2.75, 3.05) is 0 Å². The standard InChI is InChI=1S/C18H19F2NO2/c1-13(10-11-14-6-3-2-4-7-14)21-17(22)15-8-5-9-16(12-15)23-18(19)20/h2-9,12-13,18H,10-11H2,1H3,(H,21,22)/t13-/m1/s1. The van der Waals surface area contributed by atoms with Crippen LogP contribution in [0.1, 0.15) is 29.3 Å². The lowest BCUT2D eigenvalue weighted by atomic mass is 10.1. The number of nitrogens with one attached hydrogen (secondary N) is 1. The number of halogens is 2. The molecule has 0 aliphatic carbocycles. The summed E-state index contributed by atoms with van der Waals surface area (Å²) in [5.41, 5.74) is 1.51. The maximum atomic E-state index is 12.2. The maximum Gasteiger partial charge on any atom is 0.387 e. The van der Waals surface area contributed by atoms with Gasteiger partial charge in [0.1, 0.15) is 5.75 Å². The second kappa shape index (κ2) is 8.27. The van der Waals surface area contributed by atoms with Crippen LogP contribution in [0.4, 0.5) is 8.78 Å². The predicted molar refractivity (Wildman–Crippen MR) is 84.8 cm³/mol. The number of amides is 1. The number of carbonyl (C=O) groups excluding carboxylic acids is 1. The number of rotatable bonds is 7. The summed E-state index contributed by atoms with van der Waals surface area (Å²) in [7, 11) is 0. The number of alkyl halides is 2. The van der Waals surface area contributed by atoms with Crippen molar-refractivity contribution in [1.82, 2.24) is 5.32 Å². The maximum absolute atomic E-state index is 12.2. The summed E-state index contributed by atoms with van der Waals surface area (Å²) in [6.07, 6.45) is 1.65. The normalized spacial score (nSPS) is 12.0. The van der Waals surface area contributed by atoms with Crippen LogP contribution in [0.15, 0.2) is 54.6 Å². The SMILES string of the molecule is C[C@H](CCc1ccccc1)NC(=O)c1cccc(OC(F)F)c1. The zero-order valence-corrected chi connectivity index (χ0v) is 12.8. The summed E-state index contributed by atoms with van der Waals surface area (Å²) in [5, 5.41) is 2.86. The Morgan fingerprint density at radius 1 is 1.13 bits per heavy atom. The Hall–Kier alpha value is -2.43. The van der Waals surface area contributed by atoms with E-state index in [2.05, 4.69) is 10.1 Å². The van der Waals surface area contributed by atoms with Crippen molar-refractivity contribution in [2.24, 2.45) is 0 Å². The van der Waals surface area contributed by atoms with Gasteiger partial charge in [-0.3, -0.25) is 4.79 Å². The monoisotopic (exact) mass is 319 g/mol. The van der Waals surface area contributed by atoms with Gasteiger partial charge in [0.05, 0.1) is 0 Å². The van der Waals surface area contributed by atoms with E-state index in [1.807, 2.05) is 37.3 Å². The molecule has 2 aromatic rings. The molecule has 0 heterocycles. The minimum Gasteiger partial charge on any atom is -0.435 e. The summed E-state index contributed by atoms with van der Waals surface area (Å²) >= 11 is 0. The van der Waals surface area contributed by atoms with E-state index in [0.717, 1.165) is 12.8 Å². The van der Waals surface area contributed by atoms with Crippen molar-refractivity contribution in [3.63, 3.8) is 0 Å². The fraction of sp³-hybridized carbons (Fsp3) is 0.278. The zero-order chi connectivity index (χ0) is 16.7. The summed E-state index contributed by atoms with van der Waals surface area (Å²) in [4.78, 5) is 12.2. The van der Waals surface area contributed by atoms with Gasteiger partial charge in [-0.25, -0.2) is 0 Å². The van der Waals surface area contributed by atoms with Crippen molar-refractivity contribution in [3.8, 4) is 5.75 Å². The van der Waals surface area contributed by atoms with Crippen LogP contribution >= 0.6 is 0 Å². The molecule has 122 valence electrons. The average molecular weight is 319 g/mol. The molecule has 0 aliphatic heterocycles. The molecular weight excluding hydrogens is 300 g/mol. The van der Waals surface area contributed by atoms with Crippen molar-refractivity contribution >= 4 is 5.91 Å². The van der Waals surface area contributed by atoms with E-state index in [0.29, 0.717) is 5.56 Å². The summed E-state index contributed by atoms with van der Waals surface area (Å²) in [5.74, 6) is -0.324. The second-order valence-electron chi connectivity index (χ2n) is 5.31. The molecule has 0 aromatic heterocycles. The lowest BCUT2D eigenvalue weighted by Crippen LogP contribution is -2.32. The smallest absolute Gasteiger partial charge is 0.387 e. The number of carbonyl (C=O) groups is 1. The molecule has 0 bridgehead atoms. The van der Waals surface area contributed by atoms with Gasteiger partial charge in [0.2, 0.25) is 0 Å². The van der Waals surface area contributed by atoms with E-state index in [9.17, 15) is 13.6 Å². The highest BCUT2D eigenvalue weighted by Gasteiger charge is 2.12. The molecule has 0 unspecified atom stereocenters. The van der Waals surface area contributed by atoms with Gasteiger partial charge >= 0.3 is 6.61 Å². The summed E-state index contributed by atoms with van der Waals surface area (Å²) in [6.45, 7) is -0.988. The number of hydrogen-bond acceptors (Lipinski definition) is 2. The van der Waals surface area contributed by atoms with E-state index >= 15 is 0 Å². The van der Waals surface area contributed by atoms with Gasteiger partial charge in [-0.15, -0.1) is 0 Å². The molecule has 1 atom stereocenters. The van der Waals surface area contributed by atoms with E-state index in [4.69, 9.17) is 0 Å². The highest BCUT2D eigenvalue weighted by Crippen LogP contribution is 2.16. The largest absolute Gasteiger partial charge is 0.435 e. The van der Waals surface area contributed by atoms with Crippen LogP contribution in [0.25, 0.3) is 0 Å². The lowest BCUT2D eigenvalue weighted by Gasteiger charge is -2.14. The predicted octanol–water partition coefficient (Wildman–Crippen LogP) is 4.04. The quantitative estimate of drug-likeness (QED) is 0.836. The average Bonchev–Trinajstić information content (AvgIpc) is 2.53. The molecule has 0 spiro atoms. The molecule has 23 heavy (non-hydrogen) atoms. The fourth-order valence-corrected chi connectivity index (χ4v) is 2.22. The van der Waals surface area contributed by atoms with Crippen molar-refractivity contribution in [2.45, 2.75) is 32.4 Å². The van der Waals surface area contributed by atoms with Gasteiger partial charge in [0.15, 0.2) is 0 Å². The van der Waals surface area contributed by atoms with Gasteiger partial charge in [-0.2, -0.15) is 8.78 Å². The molecule has 0 saturated heterocycles. The molecule has 1 amide bonds. The summed E-state index contributed by atoms with van der Waals surface area (Å²) < 4.78 is 28.7. The Balaban J connectivity index is 1.88. The topological polar surface area (TPSA) is 38.3 Å². The third-order valence-corrected chi connectivity index (χ3v) is 3.41. The van der Waals surface area contributed by atoms with Crippen LogP contribution in [0.2, 0.25) is 0 Å². The van der Waals surface area contributed by atoms with Crippen LogP contribution < -0.4 is 10.1 Å². The molecule has 2 aromatic carbocycles. The number of ether oxygens (including phenoxy) is 1. The van der Waals surface area contributed by atoms with E-state index in [1.54, 1.807) is 6.07 Å². The lowest BCUT2D eigenvalue weighted by molar-refractivity contribution is -0.0498. The molecular formula is C18H19F2NO2. The van der Waals surface area contributed by atoms with Gasteiger partial charge < -0.3 is 10.1 Å². The van der Waals surface area contributed by atoms with Gasteiger partial charge in [0, 0.05) is 11.6 Å². The van der Waals surface area contributed by atoms with Crippen LogP contribution in [0, 0.1) is 0 Å². The third kappa shape index (κ3) is 5.70. The first-order valence-corrected chi connectivity index (χ1v) is 7.44. The molecule has 0 radical (unpaired) electrons. The molecule has 0 aliphatic rings. The van der Waals surface area contributed by atoms with Crippen molar-refractivity contribution in [3.05, 3.63) is 65.7 Å². The number of benzene rings is 2. The highest BCUT2D eigenvalue weighted by molar-refractivity contribution is 5.94. The Morgan fingerprint density at radius 2 is 1.87 bits per heavy atom. The van der Waals surface area contributed by atoms with E-state index in [1.165, 1.54) is 23.8 Å². The van der Waals surface area contributed by atoms with Crippen molar-refractivity contribution in [1.29, 1.82) is 0 Å². The Bertz CT molecular complexity index is 632. The summed E-state index contributed by atoms with van der Waals surface area (Å²) in [6, 6.07) is 15.8. The third-order valence-electron chi connectivity index (χ3n) is 3.41. The Morgan fingerprint density at radius 3 is 2.57 bits per heavy atom. The van der Waals surface area contributed by atoms with E-state index < -0.39 is 6.61 Å². The van der Waals surface area contributed by atoms with Crippen LogP contribution in [-0.2, 0) is 6.42 Å². The molecule has 5 heteroatoms. The molecule has 2 rings (SSSR count). The second-order valence-corrected chi connectivity index (χ2v) is 5.31. The zero-order valence-electron chi connectivity index (χ0n) is 12.8. The molecule has 0 fully saturated rings. The van der Waals surface area contributed by atoms with Crippen LogP contribution in [-0.4, -0.2) is 18.6 Å². The fourth-order valence-electron chi connectivity index (χ4n) is 2.22. The van der Waals surface area contributed by atoms with Crippen molar-refractivity contribution < 1.29 is 18.3 Å². The minimum absolute atomic E-state index is 0.0235. The Kier molecular flexibility index (Phi) is 6.09. The van der Waals surface area contributed by atoms with Crippen LogP contribution in [0.3, 0.4) is 0 Å². The minimum atomic E-state index is -2.90. The van der Waals surface area contributed by atoms with E-state index in [-0.39, 0.29) is 17.7 Å². The Labute approximate surface area is 134 Å². The molecule has 0 saturated carbocycles. The van der Waals surface area contributed by atoms with Gasteiger partial charge in [-0.1, -0.05) is 36.4 Å². The molecule has 3 nitrogen and oxygen atoms in total. The first-order chi connectivity index (χ1) is 11.0.